The van der Waals surface area contributed by atoms with Crippen molar-refractivity contribution in [2.24, 2.45) is 0 Å². The fraction of sp³-hybridized carbons (Fsp3) is 0.889. The molecule has 4 nitrogen and oxygen atoms in total. The number of hydrogen-bond donors (Lipinski definition) is 0. The molecule has 1 aliphatic rings. The molecule has 0 aromatic carbocycles. The van der Waals surface area contributed by atoms with Crippen LogP contribution in [0.4, 0.5) is 0 Å². The van der Waals surface area contributed by atoms with Gasteiger partial charge in [0.2, 0.25) is 15.0 Å². The molecule has 6 heteroatoms. The molecule has 0 spiro atoms. The number of hydrogen-bond acceptors (Lipinski definition) is 3. The highest BCUT2D eigenvalue weighted by molar-refractivity contribution is 8.14. The van der Waals surface area contributed by atoms with Gasteiger partial charge in [0.1, 0.15) is 5.25 Å². The van der Waals surface area contributed by atoms with Crippen LogP contribution in [-0.2, 0) is 13.8 Å². The molecule has 0 radical (unpaired) electrons. The van der Waals surface area contributed by atoms with Gasteiger partial charge in [0, 0.05) is 29.7 Å². The van der Waals surface area contributed by atoms with E-state index in [1.807, 2.05) is 13.8 Å². The molecule has 0 aromatic heterocycles. The van der Waals surface area contributed by atoms with Gasteiger partial charge < -0.3 is 4.90 Å². The fourth-order valence-corrected chi connectivity index (χ4v) is 2.92. The Morgan fingerprint density at radius 3 is 2.60 bits per heavy atom. The van der Waals surface area contributed by atoms with E-state index in [-0.39, 0.29) is 24.9 Å². The molecule has 0 saturated carbocycles. The molecule has 0 aliphatic carbocycles. The van der Waals surface area contributed by atoms with Gasteiger partial charge in [-0.25, -0.2) is 8.42 Å². The van der Waals surface area contributed by atoms with Crippen molar-refractivity contribution >= 4 is 25.6 Å². The second kappa shape index (κ2) is 4.70. The quantitative estimate of drug-likeness (QED) is 0.711. The summed E-state index contributed by atoms with van der Waals surface area (Å²) in [6.07, 6.45) is 1.89. The molecule has 2 atom stereocenters. The van der Waals surface area contributed by atoms with E-state index in [1.165, 1.54) is 0 Å². The summed E-state index contributed by atoms with van der Waals surface area (Å²) in [5.41, 5.74) is 0. The first-order valence-electron chi connectivity index (χ1n) is 5.09. The summed E-state index contributed by atoms with van der Waals surface area (Å²) in [7, 11) is 1.64. The van der Waals surface area contributed by atoms with Gasteiger partial charge >= 0.3 is 0 Å². The molecule has 0 N–H and O–H groups in total. The minimum absolute atomic E-state index is 0.0277. The molecule has 1 saturated heterocycles. The highest BCUT2D eigenvalue weighted by atomic mass is 35.7. The molecule has 1 fully saturated rings. The molecule has 88 valence electrons. The van der Waals surface area contributed by atoms with Crippen LogP contribution >= 0.6 is 10.7 Å². The Morgan fingerprint density at radius 1 is 1.60 bits per heavy atom. The van der Waals surface area contributed by atoms with Crippen molar-refractivity contribution in [3.05, 3.63) is 0 Å². The van der Waals surface area contributed by atoms with Gasteiger partial charge in [-0.05, 0) is 13.3 Å². The molecular weight excluding hydrogens is 238 g/mol. The van der Waals surface area contributed by atoms with Crippen molar-refractivity contribution in [1.29, 1.82) is 0 Å². The first-order valence-corrected chi connectivity index (χ1v) is 7.46. The zero-order valence-electron chi connectivity index (χ0n) is 8.94. The Bertz CT molecular complexity index is 341. The second-order valence-corrected chi connectivity index (χ2v) is 6.89. The number of nitrogens with zero attached hydrogens (tertiary/aromatic N) is 1. The van der Waals surface area contributed by atoms with Gasteiger partial charge in [0.05, 0.1) is 0 Å². The zero-order valence-corrected chi connectivity index (χ0v) is 10.5. The Balaban J connectivity index is 2.69. The smallest absolute Gasteiger partial charge is 0.237 e. The molecule has 2 unspecified atom stereocenters. The van der Waals surface area contributed by atoms with E-state index in [0.717, 1.165) is 12.8 Å². The van der Waals surface area contributed by atoms with Crippen molar-refractivity contribution in [1.82, 2.24) is 4.90 Å². The number of rotatable bonds is 4. The highest BCUT2D eigenvalue weighted by Gasteiger charge is 2.38. The van der Waals surface area contributed by atoms with E-state index in [0.29, 0.717) is 0 Å². The van der Waals surface area contributed by atoms with Crippen LogP contribution in [0.15, 0.2) is 0 Å². The summed E-state index contributed by atoms with van der Waals surface area (Å²) in [6, 6.07) is 0.103. The van der Waals surface area contributed by atoms with Crippen LogP contribution in [0.25, 0.3) is 0 Å². The molecule has 0 aromatic rings. The Morgan fingerprint density at radius 2 is 2.20 bits per heavy atom. The Hall–Kier alpha value is -0.290. The van der Waals surface area contributed by atoms with E-state index in [9.17, 15) is 13.2 Å². The van der Waals surface area contributed by atoms with Crippen LogP contribution < -0.4 is 0 Å². The summed E-state index contributed by atoms with van der Waals surface area (Å²) in [5, 5.41) is -0.731. The number of likely N-dealkylation sites (tertiary alicyclic amines) is 1. The summed E-state index contributed by atoms with van der Waals surface area (Å²) >= 11 is 0. The summed E-state index contributed by atoms with van der Waals surface area (Å²) in [4.78, 5) is 13.2. The first kappa shape index (κ1) is 12.8. The average Bonchev–Trinajstić information content (AvgIpc) is 2.47. The maximum Gasteiger partial charge on any atom is 0.237 e. The molecule has 1 rings (SSSR count). The number of amides is 1. The third-order valence-electron chi connectivity index (χ3n) is 2.76. The van der Waals surface area contributed by atoms with Gasteiger partial charge in [0.25, 0.3) is 0 Å². The number of carbonyl (C=O) groups excluding carboxylic acids is 1. The van der Waals surface area contributed by atoms with Crippen molar-refractivity contribution in [2.45, 2.75) is 44.4 Å². The fourth-order valence-electron chi connectivity index (χ4n) is 1.89. The molecular formula is C9H16ClNO3S. The number of carbonyl (C=O) groups is 1. The Kier molecular flexibility index (Phi) is 4.00. The van der Waals surface area contributed by atoms with Crippen molar-refractivity contribution < 1.29 is 13.2 Å². The monoisotopic (exact) mass is 253 g/mol. The predicted molar refractivity (Wildman–Crippen MR) is 59.3 cm³/mol. The van der Waals surface area contributed by atoms with E-state index >= 15 is 0 Å². The zero-order chi connectivity index (χ0) is 11.6. The van der Waals surface area contributed by atoms with Crippen LogP contribution in [0.5, 0.6) is 0 Å². The van der Waals surface area contributed by atoms with Gasteiger partial charge in [-0.2, -0.15) is 0 Å². The van der Waals surface area contributed by atoms with Crippen LogP contribution in [-0.4, -0.2) is 37.1 Å². The van der Waals surface area contributed by atoms with Crippen LogP contribution in [0.3, 0.4) is 0 Å². The lowest BCUT2D eigenvalue weighted by Gasteiger charge is -2.23. The number of halogens is 1. The SMILES string of the molecule is CCCC(C)N1CC(S(=O)(=O)Cl)CC1=O. The Labute approximate surface area is 95.0 Å². The average molecular weight is 254 g/mol. The molecule has 1 aliphatic heterocycles. The molecule has 0 bridgehead atoms. The lowest BCUT2D eigenvalue weighted by atomic mass is 10.2. The van der Waals surface area contributed by atoms with E-state index in [1.54, 1.807) is 4.90 Å². The largest absolute Gasteiger partial charge is 0.339 e. The minimum Gasteiger partial charge on any atom is -0.339 e. The second-order valence-electron chi connectivity index (χ2n) is 3.99. The van der Waals surface area contributed by atoms with Gasteiger partial charge in [0.15, 0.2) is 0 Å². The van der Waals surface area contributed by atoms with E-state index in [2.05, 4.69) is 0 Å². The highest BCUT2D eigenvalue weighted by Crippen LogP contribution is 2.24. The van der Waals surface area contributed by atoms with E-state index in [4.69, 9.17) is 10.7 Å². The third kappa shape index (κ3) is 3.08. The van der Waals surface area contributed by atoms with Gasteiger partial charge in [-0.15, -0.1) is 0 Å². The van der Waals surface area contributed by atoms with Gasteiger partial charge in [-0.3, -0.25) is 4.79 Å². The van der Waals surface area contributed by atoms with Crippen LogP contribution in [0, 0.1) is 0 Å². The summed E-state index contributed by atoms with van der Waals surface area (Å²) in [5.74, 6) is -0.106. The predicted octanol–water partition coefficient (Wildman–Crippen LogP) is 1.34. The molecule has 15 heavy (non-hydrogen) atoms. The summed E-state index contributed by atoms with van der Waals surface area (Å²) < 4.78 is 22.2. The standard InChI is InChI=1S/C9H16ClNO3S/c1-3-4-7(2)11-6-8(5-9(11)12)15(10,13)14/h7-8H,3-6H2,1-2H3. The summed E-state index contributed by atoms with van der Waals surface area (Å²) in [6.45, 7) is 4.21. The third-order valence-corrected chi connectivity index (χ3v) is 4.63. The van der Waals surface area contributed by atoms with Crippen molar-refractivity contribution in [2.75, 3.05) is 6.54 Å². The molecule has 1 heterocycles. The van der Waals surface area contributed by atoms with Crippen molar-refractivity contribution in [3.8, 4) is 0 Å². The van der Waals surface area contributed by atoms with Crippen molar-refractivity contribution in [3.63, 3.8) is 0 Å². The normalized spacial score (nSPS) is 24.6. The maximum absolute atomic E-state index is 11.6. The molecule has 1 amide bonds. The minimum atomic E-state index is -3.61. The van der Waals surface area contributed by atoms with Crippen LogP contribution in [0.2, 0.25) is 0 Å². The topological polar surface area (TPSA) is 54.5 Å². The maximum atomic E-state index is 11.6. The lowest BCUT2D eigenvalue weighted by molar-refractivity contribution is -0.129. The van der Waals surface area contributed by atoms with Crippen LogP contribution in [0.1, 0.15) is 33.1 Å². The first-order chi connectivity index (χ1) is 6.86. The lowest BCUT2D eigenvalue weighted by Crippen LogP contribution is -2.35. The van der Waals surface area contributed by atoms with Gasteiger partial charge in [-0.1, -0.05) is 13.3 Å². The van der Waals surface area contributed by atoms with E-state index < -0.39 is 14.3 Å².